The van der Waals surface area contributed by atoms with Crippen molar-refractivity contribution in [1.82, 2.24) is 19.9 Å². The van der Waals surface area contributed by atoms with E-state index in [-0.39, 0.29) is 11.6 Å². The van der Waals surface area contributed by atoms with Gasteiger partial charge in [0.05, 0.1) is 16.6 Å². The number of imidazole rings is 1. The number of fused-ring (bicyclic) bond motifs is 1. The molecule has 2 heterocycles. The maximum absolute atomic E-state index is 11.1. The monoisotopic (exact) mass is 238 g/mol. The molecule has 0 saturated heterocycles. The molecule has 0 radical (unpaired) electrons. The number of rotatable bonds is 2. The molecular formula is C13H10N4O. The van der Waals surface area contributed by atoms with Gasteiger partial charge in [-0.3, -0.25) is 4.79 Å². The van der Waals surface area contributed by atoms with E-state index in [4.69, 9.17) is 0 Å². The Morgan fingerprint density at radius 3 is 2.56 bits per heavy atom. The van der Waals surface area contributed by atoms with Crippen molar-refractivity contribution >= 4 is 16.8 Å². The summed E-state index contributed by atoms with van der Waals surface area (Å²) >= 11 is 0. The fourth-order valence-electron chi connectivity index (χ4n) is 1.72. The molecule has 0 saturated carbocycles. The summed E-state index contributed by atoms with van der Waals surface area (Å²) in [7, 11) is 0. The zero-order chi connectivity index (χ0) is 12.5. The van der Waals surface area contributed by atoms with Gasteiger partial charge in [-0.2, -0.15) is 0 Å². The van der Waals surface area contributed by atoms with Crippen molar-refractivity contribution in [2.24, 2.45) is 0 Å². The third-order valence-corrected chi connectivity index (χ3v) is 2.63. The van der Waals surface area contributed by atoms with Crippen molar-refractivity contribution in [2.75, 3.05) is 0 Å². The van der Waals surface area contributed by atoms with Crippen LogP contribution in [0.15, 0.2) is 36.7 Å². The smallest absolute Gasteiger partial charge is 0.196 e. The highest BCUT2D eigenvalue weighted by Crippen LogP contribution is 2.18. The molecular weight excluding hydrogens is 228 g/mol. The predicted molar refractivity (Wildman–Crippen MR) is 67.1 cm³/mol. The number of hydrogen-bond acceptors (Lipinski definition) is 4. The first-order chi connectivity index (χ1) is 8.74. The van der Waals surface area contributed by atoms with Gasteiger partial charge >= 0.3 is 0 Å². The number of benzene rings is 1. The van der Waals surface area contributed by atoms with Gasteiger partial charge in [0.15, 0.2) is 11.6 Å². The highest BCUT2D eigenvalue weighted by molar-refractivity contribution is 5.90. The van der Waals surface area contributed by atoms with E-state index >= 15 is 0 Å². The lowest BCUT2D eigenvalue weighted by atomic mass is 10.3. The highest BCUT2D eigenvalue weighted by Gasteiger charge is 2.07. The number of Topliss-reactive ketones (excluding diaryl/α,β-unsaturated/α-hetero) is 1. The molecule has 0 aliphatic carbocycles. The van der Waals surface area contributed by atoms with Crippen molar-refractivity contribution in [3.63, 3.8) is 0 Å². The summed E-state index contributed by atoms with van der Waals surface area (Å²) in [5, 5.41) is 0. The summed E-state index contributed by atoms with van der Waals surface area (Å²) in [5.41, 5.74) is 2.61. The first kappa shape index (κ1) is 10.6. The van der Waals surface area contributed by atoms with Crippen LogP contribution < -0.4 is 0 Å². The van der Waals surface area contributed by atoms with Gasteiger partial charge < -0.3 is 4.98 Å². The van der Waals surface area contributed by atoms with Gasteiger partial charge in [-0.05, 0) is 12.1 Å². The highest BCUT2D eigenvalue weighted by atomic mass is 16.1. The lowest BCUT2D eigenvalue weighted by Crippen LogP contribution is -2.00. The van der Waals surface area contributed by atoms with Crippen LogP contribution in [0.2, 0.25) is 0 Å². The van der Waals surface area contributed by atoms with Crippen LogP contribution in [0.4, 0.5) is 0 Å². The molecule has 2 aromatic heterocycles. The van der Waals surface area contributed by atoms with E-state index in [9.17, 15) is 4.79 Å². The number of para-hydroxylation sites is 2. The van der Waals surface area contributed by atoms with Gasteiger partial charge in [0.1, 0.15) is 5.82 Å². The molecule has 0 aliphatic heterocycles. The molecule has 0 bridgehead atoms. The van der Waals surface area contributed by atoms with Crippen molar-refractivity contribution in [2.45, 2.75) is 6.92 Å². The molecule has 1 N–H and O–H groups in total. The normalized spacial score (nSPS) is 10.7. The van der Waals surface area contributed by atoms with E-state index in [2.05, 4.69) is 19.9 Å². The van der Waals surface area contributed by atoms with E-state index in [1.807, 2.05) is 24.3 Å². The molecule has 3 aromatic rings. The second-order valence-electron chi connectivity index (χ2n) is 3.95. The van der Waals surface area contributed by atoms with Gasteiger partial charge in [0.25, 0.3) is 0 Å². The van der Waals surface area contributed by atoms with Crippen LogP contribution >= 0.6 is 0 Å². The van der Waals surface area contributed by atoms with Gasteiger partial charge in [-0.1, -0.05) is 12.1 Å². The van der Waals surface area contributed by atoms with Crippen molar-refractivity contribution in [3.8, 4) is 11.4 Å². The van der Waals surface area contributed by atoms with Crippen LogP contribution in [0.25, 0.3) is 22.4 Å². The second kappa shape index (κ2) is 4.03. The summed E-state index contributed by atoms with van der Waals surface area (Å²) < 4.78 is 0. The molecule has 0 fully saturated rings. The molecule has 88 valence electrons. The molecule has 1 aromatic carbocycles. The maximum atomic E-state index is 11.1. The molecule has 0 spiro atoms. The zero-order valence-electron chi connectivity index (χ0n) is 9.71. The number of aromatic nitrogens is 4. The van der Waals surface area contributed by atoms with Crippen LogP contribution in [0, 0.1) is 0 Å². The van der Waals surface area contributed by atoms with Crippen LogP contribution in [-0.4, -0.2) is 25.7 Å². The molecule has 0 amide bonds. The van der Waals surface area contributed by atoms with E-state index < -0.39 is 0 Å². The third-order valence-electron chi connectivity index (χ3n) is 2.63. The Bertz CT molecular complexity index is 682. The molecule has 3 rings (SSSR count). The van der Waals surface area contributed by atoms with Crippen molar-refractivity contribution in [3.05, 3.63) is 42.5 Å². The fraction of sp³-hybridized carbons (Fsp3) is 0.0769. The lowest BCUT2D eigenvalue weighted by Gasteiger charge is -1.96. The standard InChI is InChI=1S/C13H10N4O/c1-8(18)12-14-6-9(7-15-12)13-16-10-4-2-3-5-11(10)17-13/h2-7H,1H3,(H,16,17). The SMILES string of the molecule is CC(=O)c1ncc(-c2nc3ccccc3[nH]2)cn1. The molecule has 18 heavy (non-hydrogen) atoms. The first-order valence-corrected chi connectivity index (χ1v) is 5.52. The Kier molecular flexibility index (Phi) is 2.37. The predicted octanol–water partition coefficient (Wildman–Crippen LogP) is 2.22. The summed E-state index contributed by atoms with van der Waals surface area (Å²) in [6, 6.07) is 7.76. The van der Waals surface area contributed by atoms with Crippen molar-refractivity contribution in [1.29, 1.82) is 0 Å². The van der Waals surface area contributed by atoms with Gasteiger partial charge in [-0.25, -0.2) is 15.0 Å². The maximum Gasteiger partial charge on any atom is 0.196 e. The summed E-state index contributed by atoms with van der Waals surface area (Å²) in [6.07, 6.45) is 3.20. The zero-order valence-corrected chi connectivity index (χ0v) is 9.71. The molecule has 5 nitrogen and oxygen atoms in total. The minimum absolute atomic E-state index is 0.147. The average molecular weight is 238 g/mol. The van der Waals surface area contributed by atoms with Crippen LogP contribution in [0.3, 0.4) is 0 Å². The Labute approximate surface area is 103 Å². The van der Waals surface area contributed by atoms with Gasteiger partial charge in [-0.15, -0.1) is 0 Å². The Hall–Kier alpha value is -2.56. The first-order valence-electron chi connectivity index (χ1n) is 5.52. The minimum Gasteiger partial charge on any atom is -0.338 e. The molecule has 0 unspecified atom stereocenters. The number of hydrogen-bond donors (Lipinski definition) is 1. The topological polar surface area (TPSA) is 71.5 Å². The summed E-state index contributed by atoms with van der Waals surface area (Å²) in [4.78, 5) is 26.7. The fourth-order valence-corrected chi connectivity index (χ4v) is 1.72. The molecule has 0 aliphatic rings. The Morgan fingerprint density at radius 2 is 1.89 bits per heavy atom. The largest absolute Gasteiger partial charge is 0.338 e. The number of ketones is 1. The molecule has 0 atom stereocenters. The number of carbonyl (C=O) groups is 1. The van der Waals surface area contributed by atoms with Gasteiger partial charge in [0.2, 0.25) is 0 Å². The number of H-pyrrole nitrogens is 1. The number of carbonyl (C=O) groups excluding carboxylic acids is 1. The van der Waals surface area contributed by atoms with E-state index in [0.717, 1.165) is 16.6 Å². The third kappa shape index (κ3) is 1.75. The summed E-state index contributed by atoms with van der Waals surface area (Å²) in [6.45, 7) is 1.44. The average Bonchev–Trinajstić information content (AvgIpc) is 2.82. The quantitative estimate of drug-likeness (QED) is 0.695. The van der Waals surface area contributed by atoms with E-state index in [0.29, 0.717) is 5.82 Å². The number of aromatic amines is 1. The lowest BCUT2D eigenvalue weighted by molar-refractivity contribution is 0.100. The van der Waals surface area contributed by atoms with E-state index in [1.165, 1.54) is 6.92 Å². The van der Waals surface area contributed by atoms with Crippen LogP contribution in [0.1, 0.15) is 17.5 Å². The number of nitrogens with one attached hydrogen (secondary N) is 1. The second-order valence-corrected chi connectivity index (χ2v) is 3.95. The molecule has 5 heteroatoms. The summed E-state index contributed by atoms with van der Waals surface area (Å²) in [5.74, 6) is 0.771. The minimum atomic E-state index is -0.147. The Morgan fingerprint density at radius 1 is 1.17 bits per heavy atom. The van der Waals surface area contributed by atoms with Crippen molar-refractivity contribution < 1.29 is 4.79 Å². The van der Waals surface area contributed by atoms with Crippen LogP contribution in [0.5, 0.6) is 0 Å². The Balaban J connectivity index is 2.06. The van der Waals surface area contributed by atoms with Gasteiger partial charge in [0, 0.05) is 19.3 Å². The van der Waals surface area contributed by atoms with E-state index in [1.54, 1.807) is 12.4 Å². The number of nitrogens with zero attached hydrogens (tertiary/aromatic N) is 3. The van der Waals surface area contributed by atoms with Crippen LogP contribution in [-0.2, 0) is 0 Å².